The van der Waals surface area contributed by atoms with Gasteiger partial charge in [0.25, 0.3) is 0 Å². The largest absolute Gasteiger partial charge is 0.456 e. The maximum Gasteiger partial charge on any atom is 0.137 e. The van der Waals surface area contributed by atoms with Crippen molar-refractivity contribution in [3.05, 3.63) is 443 Å². The standard InChI is InChI=1S/C60H38N2OS.C53H35N3O/c1-5-16-40(17-6-1)61(41-18-7-2-8-19-41)44-29-32-48-55-38-53-47-25-14-13-24-46(47)52(37-54(53)51-26-15-27-56(60(51)55)63-57(48)35-44)39-28-31-49-50-33-30-45(36-59(50)64-58(49)34-39)62(42-20-9-3-10-21-42)43-22-11-4-12-23-43;1-5-16-37(17-6-1)55(38-18-7-2-8-19-38)41-29-30-44-49-34-47-43-25-14-13-24-42(43)46(33-48(47)45-26-15-27-50(53(45)49)57-51(44)32-41)36-28-31-52(54-35-36)56(39-20-9-3-10-21-39)40-22-11-4-12-23-40/h1-38H;1-35H. The van der Waals surface area contributed by atoms with Gasteiger partial charge in [0.05, 0.1) is 0 Å². The molecule has 0 radical (unpaired) electrons. The van der Waals surface area contributed by atoms with Gasteiger partial charge >= 0.3 is 0 Å². The molecular weight excluding hydrogens is 1490 g/mol. The van der Waals surface area contributed by atoms with Crippen molar-refractivity contribution in [3.8, 4) is 67.5 Å². The van der Waals surface area contributed by atoms with Crippen LogP contribution in [-0.4, -0.2) is 4.98 Å². The van der Waals surface area contributed by atoms with Crippen molar-refractivity contribution in [3.63, 3.8) is 0 Å². The topological polar surface area (TPSA) is 44.3 Å². The highest BCUT2D eigenvalue weighted by atomic mass is 32.1. The summed E-state index contributed by atoms with van der Waals surface area (Å²) < 4.78 is 16.3. The molecule has 2 aromatic heterocycles. The van der Waals surface area contributed by atoms with Gasteiger partial charge in [0, 0.05) is 129 Å². The number of para-hydroxylation sites is 8. The van der Waals surface area contributed by atoms with Crippen molar-refractivity contribution in [2.75, 3.05) is 19.6 Å². The van der Waals surface area contributed by atoms with E-state index in [2.05, 4.69) is 444 Å². The highest BCUT2D eigenvalue weighted by molar-refractivity contribution is 7.25. The summed E-state index contributed by atoms with van der Waals surface area (Å²) in [6, 6.07) is 156. The van der Waals surface area contributed by atoms with Crippen LogP contribution in [0.4, 0.5) is 68.4 Å². The predicted octanol–water partition coefficient (Wildman–Crippen LogP) is 32.8. The SMILES string of the molecule is c1ccc(N(c2ccccc2)c2ccc3c(c2)Oc2cccc4c2c-3cc2c3ccccc3c(-c3ccc(N(c5ccccc5)c5ccccc5)nc3)cc42)cc1.c1ccc(N(c2ccccc2)c2ccc3c(c2)Oc2cccc4c2c-3cc2c3ccccc3c(-c3ccc5c(c3)sc3cc(N(c6ccccc6)c6ccccc6)ccc35)cc42)cc1. The molecule has 0 amide bonds. The first-order chi connectivity index (χ1) is 60.0. The van der Waals surface area contributed by atoms with Gasteiger partial charge in [-0.3, -0.25) is 4.90 Å². The maximum atomic E-state index is 6.89. The molecule has 0 aliphatic carbocycles. The molecule has 0 N–H and O–H groups in total. The average molecular weight is 1560 g/mol. The van der Waals surface area contributed by atoms with Crippen LogP contribution < -0.4 is 29.1 Å². The van der Waals surface area contributed by atoms with Crippen LogP contribution in [0.5, 0.6) is 23.0 Å². The second kappa shape index (κ2) is 29.7. The molecule has 121 heavy (non-hydrogen) atoms. The highest BCUT2D eigenvalue weighted by Gasteiger charge is 2.29. The Bertz CT molecular complexity index is 7600. The van der Waals surface area contributed by atoms with E-state index in [-0.39, 0.29) is 0 Å². The quantitative estimate of drug-likeness (QED) is 0.101. The molecule has 0 saturated carbocycles. The Kier molecular flexibility index (Phi) is 17.3. The van der Waals surface area contributed by atoms with Crippen molar-refractivity contribution in [2.45, 2.75) is 0 Å². The van der Waals surface area contributed by atoms with E-state index in [9.17, 15) is 0 Å². The third kappa shape index (κ3) is 12.4. The number of thiophene rings is 1. The molecule has 4 heterocycles. The van der Waals surface area contributed by atoms with Crippen LogP contribution in [0.15, 0.2) is 443 Å². The van der Waals surface area contributed by atoms with Gasteiger partial charge in [-0.25, -0.2) is 4.98 Å². The molecule has 22 aromatic rings. The zero-order chi connectivity index (χ0) is 79.9. The third-order valence-corrected chi connectivity index (χ3v) is 24.9. The van der Waals surface area contributed by atoms with Crippen LogP contribution in [0.3, 0.4) is 0 Å². The number of fused-ring (bicyclic) bond motifs is 15. The van der Waals surface area contributed by atoms with E-state index in [1.807, 2.05) is 29.7 Å². The van der Waals surface area contributed by atoms with Gasteiger partial charge in [-0.1, -0.05) is 237 Å². The number of aromatic nitrogens is 1. The Labute approximate surface area is 704 Å². The van der Waals surface area contributed by atoms with Crippen molar-refractivity contribution in [1.29, 1.82) is 0 Å². The molecule has 20 aromatic carbocycles. The van der Waals surface area contributed by atoms with Gasteiger partial charge in [-0.05, 0) is 270 Å². The molecule has 2 aliphatic rings. The van der Waals surface area contributed by atoms with Crippen LogP contribution >= 0.6 is 11.3 Å². The van der Waals surface area contributed by atoms with Crippen LogP contribution in [0.2, 0.25) is 0 Å². The van der Waals surface area contributed by atoms with Crippen molar-refractivity contribution in [1.82, 2.24) is 4.98 Å². The number of nitrogens with zero attached hydrogens (tertiary/aromatic N) is 5. The Morgan fingerprint density at radius 1 is 0.182 bits per heavy atom. The smallest absolute Gasteiger partial charge is 0.137 e. The van der Waals surface area contributed by atoms with E-state index in [0.717, 1.165) is 124 Å². The first kappa shape index (κ1) is 70.5. The first-order valence-electron chi connectivity index (χ1n) is 41.0. The maximum absolute atomic E-state index is 6.89. The molecule has 0 fully saturated rings. The number of anilines is 12. The first-order valence-corrected chi connectivity index (χ1v) is 41.8. The van der Waals surface area contributed by atoms with Crippen LogP contribution in [0.25, 0.3) is 129 Å². The van der Waals surface area contributed by atoms with Gasteiger partial charge in [0.2, 0.25) is 0 Å². The molecule has 0 saturated heterocycles. The minimum atomic E-state index is 0.843. The van der Waals surface area contributed by atoms with Gasteiger partial charge in [-0.15, -0.1) is 11.3 Å². The summed E-state index contributed by atoms with van der Waals surface area (Å²) in [7, 11) is 0. The summed E-state index contributed by atoms with van der Waals surface area (Å²) in [6.45, 7) is 0. The summed E-state index contributed by atoms with van der Waals surface area (Å²) in [5.74, 6) is 4.30. The van der Waals surface area contributed by atoms with Gasteiger partial charge in [-0.2, -0.15) is 0 Å². The average Bonchev–Trinajstić information content (AvgIpc) is 0.882. The number of ether oxygens (including phenoxy) is 2. The number of hydrogen-bond donors (Lipinski definition) is 0. The highest BCUT2D eigenvalue weighted by Crippen LogP contribution is 2.56. The summed E-state index contributed by atoms with van der Waals surface area (Å²) >= 11 is 1.87. The monoisotopic (exact) mass is 1560 g/mol. The lowest BCUT2D eigenvalue weighted by Crippen LogP contribution is -2.11. The summed E-state index contributed by atoms with van der Waals surface area (Å²) in [5.41, 5.74) is 21.2. The van der Waals surface area contributed by atoms with E-state index in [0.29, 0.717) is 0 Å². The minimum absolute atomic E-state index is 0.843. The van der Waals surface area contributed by atoms with Crippen LogP contribution in [0, 0.1) is 0 Å². The van der Waals surface area contributed by atoms with Crippen LogP contribution in [-0.2, 0) is 0 Å². The lowest BCUT2D eigenvalue weighted by Gasteiger charge is -2.28. The molecule has 0 spiro atoms. The molecule has 24 rings (SSSR count). The summed E-state index contributed by atoms with van der Waals surface area (Å²) in [6.07, 6.45) is 2.01. The molecule has 2 aliphatic heterocycles. The molecule has 0 unspecified atom stereocenters. The lowest BCUT2D eigenvalue weighted by molar-refractivity contribution is 0.487. The zero-order valence-corrected chi connectivity index (χ0v) is 66.4. The summed E-state index contributed by atoms with van der Waals surface area (Å²) in [5, 5.41) is 16.9. The van der Waals surface area contributed by atoms with E-state index in [4.69, 9.17) is 14.5 Å². The molecule has 0 atom stereocenters. The molecule has 8 heteroatoms. The molecular formula is C113H73N5O2S. The van der Waals surface area contributed by atoms with E-state index in [1.165, 1.54) is 96.3 Å². The molecule has 568 valence electrons. The minimum Gasteiger partial charge on any atom is -0.456 e. The molecule has 0 bridgehead atoms. The second-order valence-electron chi connectivity index (χ2n) is 30.8. The summed E-state index contributed by atoms with van der Waals surface area (Å²) in [4.78, 5) is 14.2. The molecule has 7 nitrogen and oxygen atoms in total. The van der Waals surface area contributed by atoms with E-state index in [1.54, 1.807) is 0 Å². The fourth-order valence-corrected chi connectivity index (χ4v) is 19.6. The number of hydrogen-bond acceptors (Lipinski definition) is 8. The fourth-order valence-electron chi connectivity index (χ4n) is 18.4. The van der Waals surface area contributed by atoms with Gasteiger partial charge < -0.3 is 24.2 Å². The van der Waals surface area contributed by atoms with E-state index < -0.39 is 0 Å². The Balaban J connectivity index is 0.000000142. The predicted molar refractivity (Wildman–Crippen MR) is 509 cm³/mol. The zero-order valence-electron chi connectivity index (χ0n) is 65.6. The lowest BCUT2D eigenvalue weighted by atomic mass is 9.86. The third-order valence-electron chi connectivity index (χ3n) is 23.8. The Morgan fingerprint density at radius 2 is 0.496 bits per heavy atom. The number of rotatable bonds is 14. The van der Waals surface area contributed by atoms with Crippen LogP contribution in [0.1, 0.15) is 0 Å². The Hall–Kier alpha value is -15.9. The van der Waals surface area contributed by atoms with Gasteiger partial charge in [0.1, 0.15) is 28.8 Å². The van der Waals surface area contributed by atoms with Crippen molar-refractivity contribution < 1.29 is 9.47 Å². The normalized spacial score (nSPS) is 11.8. The van der Waals surface area contributed by atoms with E-state index >= 15 is 0 Å². The number of pyridine rings is 1. The Morgan fingerprint density at radius 3 is 0.893 bits per heavy atom. The number of benzene rings is 20. The van der Waals surface area contributed by atoms with Crippen molar-refractivity contribution >= 4 is 165 Å². The second-order valence-corrected chi connectivity index (χ2v) is 31.9. The fraction of sp³-hybridized carbons (Fsp3) is 0. The van der Waals surface area contributed by atoms with Crippen molar-refractivity contribution in [2.24, 2.45) is 0 Å². The van der Waals surface area contributed by atoms with Gasteiger partial charge in [0.15, 0.2) is 0 Å².